The molecule has 1 aromatic rings. The topological polar surface area (TPSA) is 69.6 Å². The minimum absolute atomic E-state index is 0.00220. The summed E-state index contributed by atoms with van der Waals surface area (Å²) in [6.45, 7) is 6.18. The zero-order valence-electron chi connectivity index (χ0n) is 12.5. The lowest BCUT2D eigenvalue weighted by molar-refractivity contribution is -0.137. The average Bonchev–Trinajstić information content (AvgIpc) is 2.39. The minimum Gasteiger partial charge on any atom is -0.481 e. The van der Waals surface area contributed by atoms with Crippen LogP contribution in [-0.2, 0) is 4.79 Å². The number of anilines is 1. The summed E-state index contributed by atoms with van der Waals surface area (Å²) in [5, 5.41) is 11.5. The van der Waals surface area contributed by atoms with Crippen molar-refractivity contribution < 1.29 is 14.7 Å². The Morgan fingerprint density at radius 1 is 1.38 bits per heavy atom. The average molecular weight is 357 g/mol. The molecule has 0 aliphatic rings. The van der Waals surface area contributed by atoms with E-state index in [1.54, 1.807) is 4.90 Å². The predicted molar refractivity (Wildman–Crippen MR) is 86.6 cm³/mol. The molecule has 0 unspecified atom stereocenters. The summed E-state index contributed by atoms with van der Waals surface area (Å²) in [6, 6.07) is 5.43. The molecule has 116 valence electrons. The van der Waals surface area contributed by atoms with E-state index < -0.39 is 5.97 Å². The highest BCUT2D eigenvalue weighted by Crippen LogP contribution is 2.26. The van der Waals surface area contributed by atoms with Crippen LogP contribution < -0.4 is 5.32 Å². The number of carbonyl (C=O) groups is 2. The predicted octanol–water partition coefficient (Wildman–Crippen LogP) is 3.86. The molecule has 0 heterocycles. The molecule has 6 heteroatoms. The molecule has 0 atom stereocenters. The summed E-state index contributed by atoms with van der Waals surface area (Å²) in [4.78, 5) is 24.5. The highest BCUT2D eigenvalue weighted by molar-refractivity contribution is 9.10. The lowest BCUT2D eigenvalue weighted by atomic mass is 10.2. The second-order valence-electron chi connectivity index (χ2n) is 5.15. The minimum atomic E-state index is -0.847. The summed E-state index contributed by atoms with van der Waals surface area (Å²) >= 11 is 3.46. The standard InChI is InChI=1S/C15H21BrN2O3/c1-10(2)18(9-5-8-13(19)20)15(21)17-12-7-4-6-11(3)14(12)16/h4,6-7,10H,5,8-9H2,1-3H3,(H,17,21)(H,19,20). The molecule has 2 N–H and O–H groups in total. The van der Waals surface area contributed by atoms with Gasteiger partial charge < -0.3 is 15.3 Å². The summed E-state index contributed by atoms with van der Waals surface area (Å²) in [5.74, 6) is -0.847. The molecule has 2 amide bonds. The number of benzene rings is 1. The molecule has 0 aromatic heterocycles. The van der Waals surface area contributed by atoms with Gasteiger partial charge in [0.15, 0.2) is 0 Å². The van der Waals surface area contributed by atoms with Gasteiger partial charge in [-0.15, -0.1) is 0 Å². The van der Waals surface area contributed by atoms with E-state index in [9.17, 15) is 9.59 Å². The van der Waals surface area contributed by atoms with E-state index >= 15 is 0 Å². The summed E-state index contributed by atoms with van der Waals surface area (Å²) < 4.78 is 0.854. The van der Waals surface area contributed by atoms with Gasteiger partial charge in [-0.3, -0.25) is 4.79 Å². The number of aliphatic carboxylic acids is 1. The van der Waals surface area contributed by atoms with E-state index in [-0.39, 0.29) is 18.5 Å². The van der Waals surface area contributed by atoms with Crippen LogP contribution in [0, 0.1) is 6.92 Å². The van der Waals surface area contributed by atoms with Gasteiger partial charge in [0.2, 0.25) is 0 Å². The summed E-state index contributed by atoms with van der Waals surface area (Å²) in [5.41, 5.74) is 1.75. The fourth-order valence-corrected chi connectivity index (χ4v) is 2.29. The molecule has 0 bridgehead atoms. The van der Waals surface area contributed by atoms with Crippen LogP contribution in [0.25, 0.3) is 0 Å². The van der Waals surface area contributed by atoms with E-state index in [1.165, 1.54) is 0 Å². The lowest BCUT2D eigenvalue weighted by Gasteiger charge is -2.27. The van der Waals surface area contributed by atoms with Crippen molar-refractivity contribution in [1.29, 1.82) is 0 Å². The maximum atomic E-state index is 12.3. The number of urea groups is 1. The molecule has 0 saturated carbocycles. The molecular weight excluding hydrogens is 336 g/mol. The van der Waals surface area contributed by atoms with Gasteiger partial charge in [-0.2, -0.15) is 0 Å². The van der Waals surface area contributed by atoms with Crippen molar-refractivity contribution in [3.63, 3.8) is 0 Å². The Hall–Kier alpha value is -1.56. The van der Waals surface area contributed by atoms with Crippen LogP contribution in [0.2, 0.25) is 0 Å². The molecular formula is C15H21BrN2O3. The highest BCUT2D eigenvalue weighted by Gasteiger charge is 2.18. The lowest BCUT2D eigenvalue weighted by Crippen LogP contribution is -2.40. The third kappa shape index (κ3) is 5.38. The molecule has 0 aliphatic carbocycles. The number of carboxylic acid groups (broad SMARTS) is 1. The van der Waals surface area contributed by atoms with Crippen molar-refractivity contribution in [1.82, 2.24) is 4.90 Å². The first-order chi connectivity index (χ1) is 9.82. The number of halogens is 1. The third-order valence-electron chi connectivity index (χ3n) is 3.11. The fourth-order valence-electron chi connectivity index (χ4n) is 1.93. The molecule has 5 nitrogen and oxygen atoms in total. The highest BCUT2D eigenvalue weighted by atomic mass is 79.9. The smallest absolute Gasteiger partial charge is 0.322 e. The van der Waals surface area contributed by atoms with Gasteiger partial charge in [0.05, 0.1) is 5.69 Å². The fraction of sp³-hybridized carbons (Fsp3) is 0.467. The Morgan fingerprint density at radius 3 is 2.62 bits per heavy atom. The summed E-state index contributed by atoms with van der Waals surface area (Å²) in [7, 11) is 0. The largest absolute Gasteiger partial charge is 0.481 e. The molecule has 1 rings (SSSR count). The Bertz CT molecular complexity index is 518. The Balaban J connectivity index is 2.73. The quantitative estimate of drug-likeness (QED) is 0.812. The van der Waals surface area contributed by atoms with Crippen LogP contribution in [0.5, 0.6) is 0 Å². The van der Waals surface area contributed by atoms with Crippen molar-refractivity contribution >= 4 is 33.6 Å². The first-order valence-electron chi connectivity index (χ1n) is 6.87. The number of hydrogen-bond donors (Lipinski definition) is 2. The third-order valence-corrected chi connectivity index (χ3v) is 4.16. The van der Waals surface area contributed by atoms with Gasteiger partial charge in [-0.05, 0) is 54.8 Å². The van der Waals surface area contributed by atoms with Gasteiger partial charge in [0, 0.05) is 23.5 Å². The number of hydrogen-bond acceptors (Lipinski definition) is 2. The number of rotatable bonds is 6. The molecule has 0 fully saturated rings. The van der Waals surface area contributed by atoms with E-state index in [2.05, 4.69) is 21.2 Å². The molecule has 0 saturated heterocycles. The van der Waals surface area contributed by atoms with E-state index in [1.807, 2.05) is 39.0 Å². The summed E-state index contributed by atoms with van der Waals surface area (Å²) in [6.07, 6.45) is 0.501. The van der Waals surface area contributed by atoms with Crippen molar-refractivity contribution in [2.75, 3.05) is 11.9 Å². The normalized spacial score (nSPS) is 10.5. The van der Waals surface area contributed by atoms with Crippen LogP contribution in [0.3, 0.4) is 0 Å². The Kier molecular flexibility index (Phi) is 6.68. The number of aryl methyl sites for hydroxylation is 1. The van der Waals surface area contributed by atoms with Crippen LogP contribution >= 0.6 is 15.9 Å². The molecule has 0 radical (unpaired) electrons. The first kappa shape index (κ1) is 17.5. The maximum absolute atomic E-state index is 12.3. The maximum Gasteiger partial charge on any atom is 0.322 e. The van der Waals surface area contributed by atoms with Crippen molar-refractivity contribution in [3.8, 4) is 0 Å². The van der Waals surface area contributed by atoms with Crippen LogP contribution in [0.4, 0.5) is 10.5 Å². The SMILES string of the molecule is Cc1cccc(NC(=O)N(CCCC(=O)O)C(C)C)c1Br. The number of nitrogens with zero attached hydrogens (tertiary/aromatic N) is 1. The van der Waals surface area contributed by atoms with Crippen molar-refractivity contribution in [2.45, 2.75) is 39.7 Å². The zero-order valence-corrected chi connectivity index (χ0v) is 14.1. The van der Waals surface area contributed by atoms with Crippen molar-refractivity contribution in [3.05, 3.63) is 28.2 Å². The molecule has 1 aromatic carbocycles. The Morgan fingerprint density at radius 2 is 2.05 bits per heavy atom. The number of carboxylic acids is 1. The number of amides is 2. The number of nitrogens with one attached hydrogen (secondary N) is 1. The van der Waals surface area contributed by atoms with Crippen molar-refractivity contribution in [2.24, 2.45) is 0 Å². The van der Waals surface area contributed by atoms with Gasteiger partial charge in [0.1, 0.15) is 0 Å². The molecule has 21 heavy (non-hydrogen) atoms. The molecule has 0 aliphatic heterocycles. The molecule has 0 spiro atoms. The van der Waals surface area contributed by atoms with E-state index in [0.29, 0.717) is 18.7 Å². The van der Waals surface area contributed by atoms with Gasteiger partial charge >= 0.3 is 12.0 Å². The van der Waals surface area contributed by atoms with Gasteiger partial charge in [-0.1, -0.05) is 12.1 Å². The van der Waals surface area contributed by atoms with E-state index in [0.717, 1.165) is 10.0 Å². The van der Waals surface area contributed by atoms with E-state index in [4.69, 9.17) is 5.11 Å². The second-order valence-corrected chi connectivity index (χ2v) is 5.94. The van der Waals surface area contributed by atoms with Gasteiger partial charge in [0.25, 0.3) is 0 Å². The van der Waals surface area contributed by atoms with Gasteiger partial charge in [-0.25, -0.2) is 4.79 Å². The zero-order chi connectivity index (χ0) is 16.0. The second kappa shape index (κ2) is 8.02. The van der Waals surface area contributed by atoms with Crippen LogP contribution in [0.1, 0.15) is 32.3 Å². The first-order valence-corrected chi connectivity index (χ1v) is 7.66. The number of carbonyl (C=O) groups excluding carboxylic acids is 1. The van der Waals surface area contributed by atoms with Crippen LogP contribution in [0.15, 0.2) is 22.7 Å². The Labute approximate surface area is 133 Å². The van der Waals surface area contributed by atoms with Crippen LogP contribution in [-0.4, -0.2) is 34.6 Å². The monoisotopic (exact) mass is 356 g/mol.